The lowest BCUT2D eigenvalue weighted by molar-refractivity contribution is -0.154. The molecule has 0 saturated carbocycles. The summed E-state index contributed by atoms with van der Waals surface area (Å²) < 4.78 is 11.6. The van der Waals surface area contributed by atoms with Crippen molar-refractivity contribution in [2.45, 2.75) is 33.8 Å². The molecule has 0 radical (unpaired) electrons. The molecule has 106 valence electrons. The highest BCUT2D eigenvalue weighted by Gasteiger charge is 2.23. The lowest BCUT2D eigenvalue weighted by atomic mass is 10.2. The van der Waals surface area contributed by atoms with Crippen LogP contribution in [0.25, 0.3) is 0 Å². The summed E-state index contributed by atoms with van der Waals surface area (Å²) in [5, 5.41) is 3.99. The maximum Gasteiger partial charge on any atom is 0.359 e. The maximum absolute atomic E-state index is 11.8. The summed E-state index contributed by atoms with van der Waals surface area (Å²) in [7, 11) is 1.71. The number of aromatic nitrogens is 2. The van der Waals surface area contributed by atoms with Crippen molar-refractivity contribution in [3.05, 3.63) is 17.5 Å². The van der Waals surface area contributed by atoms with Gasteiger partial charge in [0.05, 0.1) is 6.61 Å². The van der Waals surface area contributed by atoms with Crippen LogP contribution in [0.5, 0.6) is 0 Å². The van der Waals surface area contributed by atoms with Gasteiger partial charge in [0.2, 0.25) is 0 Å². The van der Waals surface area contributed by atoms with Gasteiger partial charge in [-0.15, -0.1) is 0 Å². The van der Waals surface area contributed by atoms with E-state index in [4.69, 9.17) is 9.47 Å². The van der Waals surface area contributed by atoms with E-state index in [9.17, 15) is 9.59 Å². The van der Waals surface area contributed by atoms with E-state index < -0.39 is 18.0 Å². The molecule has 0 aromatic carbocycles. The first-order valence-electron chi connectivity index (χ1n) is 6.19. The van der Waals surface area contributed by atoms with Gasteiger partial charge in [-0.25, -0.2) is 9.59 Å². The number of carbonyl (C=O) groups excluding carboxylic acids is 2. The summed E-state index contributed by atoms with van der Waals surface area (Å²) in [5.74, 6) is -0.924. The third-order valence-corrected chi connectivity index (χ3v) is 2.38. The van der Waals surface area contributed by atoms with Gasteiger partial charge in [0.25, 0.3) is 0 Å². The molecule has 1 atom stereocenters. The third kappa shape index (κ3) is 4.39. The van der Waals surface area contributed by atoms with E-state index in [1.807, 2.05) is 13.8 Å². The van der Waals surface area contributed by atoms with Crippen LogP contribution in [-0.4, -0.2) is 34.4 Å². The van der Waals surface area contributed by atoms with Crippen LogP contribution in [0.1, 0.15) is 36.8 Å². The van der Waals surface area contributed by atoms with Gasteiger partial charge in [-0.05, 0) is 19.8 Å². The molecule has 1 unspecified atom stereocenters. The van der Waals surface area contributed by atoms with Gasteiger partial charge in [0.15, 0.2) is 11.8 Å². The van der Waals surface area contributed by atoms with Crippen LogP contribution in [0, 0.1) is 12.8 Å². The molecular formula is C13H20N2O4. The van der Waals surface area contributed by atoms with E-state index in [1.165, 1.54) is 11.6 Å². The van der Waals surface area contributed by atoms with Crippen LogP contribution in [0.2, 0.25) is 0 Å². The number of hydrogen-bond acceptors (Lipinski definition) is 5. The first-order chi connectivity index (χ1) is 8.81. The predicted octanol–water partition coefficient (Wildman–Crippen LogP) is 1.47. The molecule has 19 heavy (non-hydrogen) atoms. The number of ether oxygens (including phenoxy) is 2. The number of carbonyl (C=O) groups is 2. The molecule has 1 rings (SSSR count). The molecule has 6 heteroatoms. The normalized spacial score (nSPS) is 12.3. The van der Waals surface area contributed by atoms with Gasteiger partial charge in [-0.1, -0.05) is 13.8 Å². The average Bonchev–Trinajstić information content (AvgIpc) is 2.65. The Labute approximate surface area is 112 Å². The lowest BCUT2D eigenvalue weighted by Crippen LogP contribution is -2.27. The van der Waals surface area contributed by atoms with Crippen molar-refractivity contribution in [3.8, 4) is 0 Å². The Hall–Kier alpha value is -1.85. The van der Waals surface area contributed by atoms with Crippen LogP contribution in [-0.2, 0) is 21.3 Å². The molecule has 0 fully saturated rings. The summed E-state index contributed by atoms with van der Waals surface area (Å²) >= 11 is 0. The first-order valence-corrected chi connectivity index (χ1v) is 6.19. The highest BCUT2D eigenvalue weighted by Crippen LogP contribution is 2.08. The van der Waals surface area contributed by atoms with Crippen molar-refractivity contribution in [2.24, 2.45) is 13.0 Å². The first kappa shape index (κ1) is 15.2. The van der Waals surface area contributed by atoms with Crippen molar-refractivity contribution >= 4 is 11.9 Å². The molecule has 0 amide bonds. The smallest absolute Gasteiger partial charge is 0.359 e. The quantitative estimate of drug-likeness (QED) is 0.756. The molecule has 1 heterocycles. The monoisotopic (exact) mass is 268 g/mol. The zero-order valence-electron chi connectivity index (χ0n) is 12.0. The number of hydrogen-bond donors (Lipinski definition) is 0. The fourth-order valence-electron chi connectivity index (χ4n) is 1.44. The second kappa shape index (κ2) is 6.36. The van der Waals surface area contributed by atoms with Crippen molar-refractivity contribution < 1.29 is 19.1 Å². The Kier molecular flexibility index (Phi) is 5.09. The Morgan fingerprint density at radius 1 is 1.37 bits per heavy atom. The number of esters is 2. The van der Waals surface area contributed by atoms with E-state index in [0.29, 0.717) is 12.2 Å². The van der Waals surface area contributed by atoms with E-state index in [1.54, 1.807) is 20.2 Å². The molecule has 0 saturated heterocycles. The third-order valence-electron chi connectivity index (χ3n) is 2.38. The minimum absolute atomic E-state index is 0.214. The average molecular weight is 268 g/mol. The SMILES string of the molecule is Cc1cn(C)nc1C(=O)OC(C)C(=O)OCC(C)C. The zero-order valence-corrected chi connectivity index (χ0v) is 12.0. The standard InChI is InChI=1S/C13H20N2O4/c1-8(2)7-18-12(16)10(4)19-13(17)11-9(3)6-15(5)14-11/h6,8,10H,7H2,1-5H3. The molecule has 0 aliphatic carbocycles. The van der Waals surface area contributed by atoms with E-state index in [-0.39, 0.29) is 11.6 Å². The number of aryl methyl sites for hydroxylation is 2. The molecule has 0 aliphatic rings. The van der Waals surface area contributed by atoms with Crippen molar-refractivity contribution in [1.82, 2.24) is 9.78 Å². The Bertz CT molecular complexity index is 465. The molecule has 6 nitrogen and oxygen atoms in total. The largest absolute Gasteiger partial charge is 0.463 e. The van der Waals surface area contributed by atoms with Crippen LogP contribution in [0.3, 0.4) is 0 Å². The maximum atomic E-state index is 11.8. The fourth-order valence-corrected chi connectivity index (χ4v) is 1.44. The minimum Gasteiger partial charge on any atom is -0.463 e. The summed E-state index contributed by atoms with van der Waals surface area (Å²) in [4.78, 5) is 23.4. The summed E-state index contributed by atoms with van der Waals surface area (Å²) in [6, 6.07) is 0. The van der Waals surface area contributed by atoms with E-state index in [0.717, 1.165) is 0 Å². The van der Waals surface area contributed by atoms with Crippen LogP contribution in [0.15, 0.2) is 6.20 Å². The second-order valence-electron chi connectivity index (χ2n) is 4.91. The zero-order chi connectivity index (χ0) is 14.6. The van der Waals surface area contributed by atoms with Gasteiger partial charge in [0, 0.05) is 18.8 Å². The van der Waals surface area contributed by atoms with Crippen molar-refractivity contribution in [3.63, 3.8) is 0 Å². The van der Waals surface area contributed by atoms with Gasteiger partial charge < -0.3 is 9.47 Å². The lowest BCUT2D eigenvalue weighted by Gasteiger charge is -2.13. The summed E-state index contributed by atoms with van der Waals surface area (Å²) in [6.07, 6.45) is 0.769. The summed E-state index contributed by atoms with van der Waals surface area (Å²) in [6.45, 7) is 7.41. The Balaban J connectivity index is 2.57. The molecule has 0 aliphatic heterocycles. The summed E-state index contributed by atoms with van der Waals surface area (Å²) in [5.41, 5.74) is 0.918. The molecule has 0 spiro atoms. The molecule has 0 bridgehead atoms. The minimum atomic E-state index is -0.937. The molecular weight excluding hydrogens is 248 g/mol. The Morgan fingerprint density at radius 2 is 2.00 bits per heavy atom. The van der Waals surface area contributed by atoms with Gasteiger partial charge in [0.1, 0.15) is 0 Å². The van der Waals surface area contributed by atoms with Gasteiger partial charge in [-0.3, -0.25) is 4.68 Å². The van der Waals surface area contributed by atoms with Crippen LogP contribution < -0.4 is 0 Å². The van der Waals surface area contributed by atoms with Gasteiger partial charge >= 0.3 is 11.9 Å². The Morgan fingerprint density at radius 3 is 2.47 bits per heavy atom. The van der Waals surface area contributed by atoms with Crippen LogP contribution >= 0.6 is 0 Å². The fraction of sp³-hybridized carbons (Fsp3) is 0.615. The van der Waals surface area contributed by atoms with Crippen LogP contribution in [0.4, 0.5) is 0 Å². The highest BCUT2D eigenvalue weighted by atomic mass is 16.6. The van der Waals surface area contributed by atoms with E-state index in [2.05, 4.69) is 5.10 Å². The van der Waals surface area contributed by atoms with E-state index >= 15 is 0 Å². The van der Waals surface area contributed by atoms with Crippen molar-refractivity contribution in [1.29, 1.82) is 0 Å². The van der Waals surface area contributed by atoms with Crippen molar-refractivity contribution in [2.75, 3.05) is 6.61 Å². The molecule has 1 aromatic rings. The number of nitrogens with zero attached hydrogens (tertiary/aromatic N) is 2. The van der Waals surface area contributed by atoms with Gasteiger partial charge in [-0.2, -0.15) is 5.10 Å². The second-order valence-corrected chi connectivity index (χ2v) is 4.91. The molecule has 1 aromatic heterocycles. The highest BCUT2D eigenvalue weighted by molar-refractivity contribution is 5.90. The number of rotatable bonds is 5. The topological polar surface area (TPSA) is 70.4 Å². The predicted molar refractivity (Wildman–Crippen MR) is 68.6 cm³/mol. The molecule has 0 N–H and O–H groups in total.